The van der Waals surface area contributed by atoms with E-state index in [1.807, 2.05) is 36.7 Å². The normalized spacial score (nSPS) is 15.2. The minimum atomic E-state index is 0.643. The fourth-order valence-electron chi connectivity index (χ4n) is 3.00. The molecule has 0 unspecified atom stereocenters. The van der Waals surface area contributed by atoms with Crippen LogP contribution in [0.1, 0.15) is 0 Å². The lowest BCUT2D eigenvalue weighted by Crippen LogP contribution is -2.47. The molecule has 1 aliphatic heterocycles. The molecule has 116 valence electrons. The summed E-state index contributed by atoms with van der Waals surface area (Å²) in [6.07, 6.45) is 3.67. The van der Waals surface area contributed by atoms with Crippen LogP contribution in [0.4, 0.5) is 11.5 Å². The highest BCUT2D eigenvalue weighted by atomic mass is 35.5. The van der Waals surface area contributed by atoms with Crippen LogP contribution < -0.4 is 9.80 Å². The van der Waals surface area contributed by atoms with Crippen molar-refractivity contribution in [1.82, 2.24) is 15.2 Å². The molecule has 1 aromatic carbocycles. The molecule has 3 aromatic rings. The van der Waals surface area contributed by atoms with Crippen molar-refractivity contribution in [2.75, 3.05) is 36.0 Å². The highest BCUT2D eigenvalue weighted by molar-refractivity contribution is 6.35. The highest BCUT2D eigenvalue weighted by Gasteiger charge is 2.20. The zero-order valence-electron chi connectivity index (χ0n) is 12.6. The zero-order valence-corrected chi connectivity index (χ0v) is 13.3. The van der Waals surface area contributed by atoms with Gasteiger partial charge in [0.2, 0.25) is 0 Å². The third kappa shape index (κ3) is 2.68. The number of aromatic nitrogens is 3. The van der Waals surface area contributed by atoms with Gasteiger partial charge in [0.05, 0.1) is 16.9 Å². The minimum absolute atomic E-state index is 0.643. The van der Waals surface area contributed by atoms with Gasteiger partial charge < -0.3 is 9.80 Å². The Hall–Kier alpha value is -2.40. The van der Waals surface area contributed by atoms with Crippen molar-refractivity contribution in [2.24, 2.45) is 0 Å². The van der Waals surface area contributed by atoms with E-state index in [2.05, 4.69) is 37.1 Å². The topological polar surface area (TPSA) is 45.2 Å². The number of halogens is 1. The quantitative estimate of drug-likeness (QED) is 0.724. The Bertz CT molecular complexity index is 816. The molecule has 2 aromatic heterocycles. The van der Waals surface area contributed by atoms with Gasteiger partial charge in [0.1, 0.15) is 11.3 Å². The maximum atomic E-state index is 6.23. The minimum Gasteiger partial charge on any atom is -0.366 e. The van der Waals surface area contributed by atoms with E-state index in [1.54, 1.807) is 0 Å². The highest BCUT2D eigenvalue weighted by Crippen LogP contribution is 2.29. The van der Waals surface area contributed by atoms with Gasteiger partial charge in [-0.3, -0.25) is 0 Å². The van der Waals surface area contributed by atoms with Crippen molar-refractivity contribution in [2.45, 2.75) is 0 Å². The fraction of sp³-hybridized carbons (Fsp3) is 0.235. The van der Waals surface area contributed by atoms with Crippen LogP contribution in [0.25, 0.3) is 10.9 Å². The van der Waals surface area contributed by atoms with Gasteiger partial charge in [0, 0.05) is 37.8 Å². The Morgan fingerprint density at radius 2 is 1.74 bits per heavy atom. The fourth-order valence-corrected chi connectivity index (χ4v) is 3.22. The van der Waals surface area contributed by atoms with E-state index in [-0.39, 0.29) is 0 Å². The summed E-state index contributed by atoms with van der Waals surface area (Å²) in [5.74, 6) is 1.04. The van der Waals surface area contributed by atoms with Gasteiger partial charge in [-0.25, -0.2) is 4.98 Å². The molecule has 0 aliphatic carbocycles. The van der Waals surface area contributed by atoms with Gasteiger partial charge in [-0.15, -0.1) is 5.10 Å². The lowest BCUT2D eigenvalue weighted by atomic mass is 10.1. The summed E-state index contributed by atoms with van der Waals surface area (Å²) in [5.41, 5.74) is 1.86. The third-order valence-electron chi connectivity index (χ3n) is 4.19. The van der Waals surface area contributed by atoms with Crippen LogP contribution in [0.3, 0.4) is 0 Å². The zero-order chi connectivity index (χ0) is 15.6. The molecule has 5 nitrogen and oxygen atoms in total. The summed E-state index contributed by atoms with van der Waals surface area (Å²) in [5, 5.41) is 9.99. The number of anilines is 2. The smallest absolute Gasteiger partial charge is 0.128 e. The van der Waals surface area contributed by atoms with Crippen molar-refractivity contribution in [1.29, 1.82) is 0 Å². The summed E-state index contributed by atoms with van der Waals surface area (Å²) in [6.45, 7) is 3.70. The largest absolute Gasteiger partial charge is 0.366 e. The van der Waals surface area contributed by atoms with Crippen LogP contribution in [-0.4, -0.2) is 41.4 Å². The molecule has 1 saturated heterocycles. The molecule has 4 rings (SSSR count). The Balaban J connectivity index is 1.58. The predicted molar refractivity (Wildman–Crippen MR) is 93.2 cm³/mol. The molecule has 0 bridgehead atoms. The molecular formula is C17H16ClN5. The average Bonchev–Trinajstić information content (AvgIpc) is 2.63. The lowest BCUT2D eigenvalue weighted by molar-refractivity contribution is 0.647. The molecule has 0 N–H and O–H groups in total. The van der Waals surface area contributed by atoms with E-state index in [0.29, 0.717) is 5.02 Å². The summed E-state index contributed by atoms with van der Waals surface area (Å²) in [6, 6.07) is 11.9. The first-order valence-corrected chi connectivity index (χ1v) is 8.01. The van der Waals surface area contributed by atoms with Crippen molar-refractivity contribution in [3.05, 3.63) is 53.8 Å². The van der Waals surface area contributed by atoms with Gasteiger partial charge in [-0.2, -0.15) is 5.10 Å². The van der Waals surface area contributed by atoms with Crippen LogP contribution in [0.15, 0.2) is 48.8 Å². The van der Waals surface area contributed by atoms with Gasteiger partial charge in [-0.1, -0.05) is 29.8 Å². The van der Waals surface area contributed by atoms with Gasteiger partial charge in [0.15, 0.2) is 0 Å². The molecular weight excluding hydrogens is 310 g/mol. The number of benzene rings is 1. The van der Waals surface area contributed by atoms with Crippen molar-refractivity contribution in [3.63, 3.8) is 0 Å². The Kier molecular flexibility index (Phi) is 3.71. The summed E-state index contributed by atoms with van der Waals surface area (Å²) >= 11 is 6.23. The Labute approximate surface area is 139 Å². The van der Waals surface area contributed by atoms with E-state index in [4.69, 9.17) is 11.6 Å². The molecule has 0 radical (unpaired) electrons. The van der Waals surface area contributed by atoms with Crippen LogP contribution in [0, 0.1) is 0 Å². The summed E-state index contributed by atoms with van der Waals surface area (Å²) < 4.78 is 0. The van der Waals surface area contributed by atoms with Crippen LogP contribution >= 0.6 is 11.6 Å². The third-order valence-corrected chi connectivity index (χ3v) is 4.50. The first kappa shape index (κ1) is 14.2. The van der Waals surface area contributed by atoms with Crippen molar-refractivity contribution >= 4 is 34.0 Å². The number of nitrogens with zero attached hydrogens (tertiary/aromatic N) is 5. The number of rotatable bonds is 2. The van der Waals surface area contributed by atoms with Gasteiger partial charge in [0.25, 0.3) is 0 Å². The second-order valence-electron chi connectivity index (χ2n) is 5.53. The first-order chi connectivity index (χ1) is 11.3. The number of hydrogen-bond acceptors (Lipinski definition) is 5. The molecule has 1 aliphatic rings. The maximum absolute atomic E-state index is 6.23. The molecule has 0 saturated carbocycles. The van der Waals surface area contributed by atoms with E-state index >= 15 is 0 Å². The molecule has 1 fully saturated rings. The van der Waals surface area contributed by atoms with Crippen molar-refractivity contribution < 1.29 is 0 Å². The van der Waals surface area contributed by atoms with E-state index in [0.717, 1.165) is 48.6 Å². The predicted octanol–water partition coefficient (Wildman–Crippen LogP) is 3.00. The molecule has 23 heavy (non-hydrogen) atoms. The van der Waals surface area contributed by atoms with E-state index in [1.165, 1.54) is 0 Å². The van der Waals surface area contributed by atoms with Crippen LogP contribution in [-0.2, 0) is 0 Å². The second kappa shape index (κ2) is 6.01. The van der Waals surface area contributed by atoms with Crippen molar-refractivity contribution in [3.8, 4) is 0 Å². The molecule has 6 heteroatoms. The average molecular weight is 326 g/mol. The van der Waals surface area contributed by atoms with Gasteiger partial charge in [-0.05, 0) is 18.2 Å². The second-order valence-corrected chi connectivity index (χ2v) is 5.94. The number of hydrogen-bond donors (Lipinski definition) is 0. The molecule has 3 heterocycles. The number of piperazine rings is 1. The summed E-state index contributed by atoms with van der Waals surface area (Å²) in [4.78, 5) is 9.08. The molecule has 0 amide bonds. The summed E-state index contributed by atoms with van der Waals surface area (Å²) in [7, 11) is 0. The van der Waals surface area contributed by atoms with E-state index in [9.17, 15) is 0 Å². The van der Waals surface area contributed by atoms with Gasteiger partial charge >= 0.3 is 0 Å². The lowest BCUT2D eigenvalue weighted by Gasteiger charge is -2.36. The molecule has 0 spiro atoms. The Morgan fingerprint density at radius 1 is 0.913 bits per heavy atom. The SMILES string of the molecule is Clc1cccc2c(N3CCN(c4ccccn4)CC3)cnnc12. The van der Waals surface area contributed by atoms with E-state index < -0.39 is 0 Å². The monoisotopic (exact) mass is 325 g/mol. The van der Waals surface area contributed by atoms with Crippen LogP contribution in [0.2, 0.25) is 5.02 Å². The number of fused-ring (bicyclic) bond motifs is 1. The van der Waals surface area contributed by atoms with Crippen LogP contribution in [0.5, 0.6) is 0 Å². The number of pyridine rings is 1. The Morgan fingerprint density at radius 3 is 2.52 bits per heavy atom. The first-order valence-electron chi connectivity index (χ1n) is 7.64. The standard InChI is InChI=1S/C17H16ClN5/c18-14-5-3-4-13-15(12-20-21-17(13)14)22-8-10-23(11-9-22)16-6-1-2-7-19-16/h1-7,12H,8-11H2. The molecule has 0 atom stereocenters. The maximum Gasteiger partial charge on any atom is 0.128 e.